The number of carbonyl (C=O) groups excluding carboxylic acids is 1. The van der Waals surface area contributed by atoms with Crippen LogP contribution in [0.1, 0.15) is 15.9 Å². The second kappa shape index (κ2) is 3.94. The van der Waals surface area contributed by atoms with Gasteiger partial charge in [0.2, 0.25) is 0 Å². The molecule has 0 aromatic carbocycles. The molecule has 1 aromatic heterocycles. The average molecular weight is 268 g/mol. The Morgan fingerprint density at radius 2 is 2.30 bits per heavy atom. The molecule has 1 aromatic rings. The third-order valence-electron chi connectivity index (χ3n) is 3.60. The van der Waals surface area contributed by atoms with Crippen LogP contribution in [0.3, 0.4) is 0 Å². The summed E-state index contributed by atoms with van der Waals surface area (Å²) >= 11 is 0. The molecule has 4 rings (SSSR count). The van der Waals surface area contributed by atoms with Crippen LogP contribution in [-0.4, -0.2) is 25.4 Å². The Kier molecular flexibility index (Phi) is 2.22. The molecule has 2 aliphatic heterocycles. The summed E-state index contributed by atoms with van der Waals surface area (Å²) in [6.07, 6.45) is 5.11. The maximum atomic E-state index is 12.4. The first-order valence-electron chi connectivity index (χ1n) is 6.31. The van der Waals surface area contributed by atoms with E-state index in [4.69, 9.17) is 0 Å². The first-order chi connectivity index (χ1) is 9.78. The molecular formula is C14H12N4O2. The number of nitrogens with one attached hydrogen (secondary N) is 1. The van der Waals surface area contributed by atoms with Crippen LogP contribution in [0, 0.1) is 0 Å². The van der Waals surface area contributed by atoms with Crippen molar-refractivity contribution >= 4 is 11.6 Å². The summed E-state index contributed by atoms with van der Waals surface area (Å²) in [6.45, 7) is 0.743. The van der Waals surface area contributed by atoms with Gasteiger partial charge in [-0.15, -0.1) is 0 Å². The maximum Gasteiger partial charge on any atom is 0.256 e. The van der Waals surface area contributed by atoms with Gasteiger partial charge in [0, 0.05) is 35.4 Å². The van der Waals surface area contributed by atoms with Crippen molar-refractivity contribution in [3.63, 3.8) is 0 Å². The first kappa shape index (κ1) is 11.2. The van der Waals surface area contributed by atoms with Gasteiger partial charge in [0.05, 0.1) is 17.9 Å². The third-order valence-corrected chi connectivity index (χ3v) is 3.60. The molecule has 0 radical (unpaired) electrons. The molecular weight excluding hydrogens is 256 g/mol. The first-order valence-corrected chi connectivity index (χ1v) is 6.31. The Bertz CT molecular complexity index is 787. The minimum Gasteiger partial charge on any atom is -0.392 e. The van der Waals surface area contributed by atoms with Crippen LogP contribution in [0.4, 0.5) is 5.69 Å². The van der Waals surface area contributed by atoms with Crippen LogP contribution in [0.15, 0.2) is 36.8 Å². The molecule has 0 bridgehead atoms. The Labute approximate surface area is 114 Å². The van der Waals surface area contributed by atoms with Gasteiger partial charge in [0.25, 0.3) is 5.91 Å². The van der Waals surface area contributed by atoms with Gasteiger partial charge in [-0.05, 0) is 18.2 Å². The molecule has 3 heterocycles. The summed E-state index contributed by atoms with van der Waals surface area (Å²) < 4.78 is 4.14. The van der Waals surface area contributed by atoms with Crippen molar-refractivity contribution in [2.24, 2.45) is 0 Å². The van der Waals surface area contributed by atoms with E-state index in [0.29, 0.717) is 16.8 Å². The number of pyridine rings is 1. The normalized spacial score (nSPS) is 12.4. The number of nitrogens with zero attached hydrogens (tertiary/aromatic N) is 3. The van der Waals surface area contributed by atoms with E-state index < -0.39 is 0 Å². The summed E-state index contributed by atoms with van der Waals surface area (Å²) in [5.41, 5.74) is 3.86. The van der Waals surface area contributed by atoms with Gasteiger partial charge in [0.1, 0.15) is 6.67 Å². The molecule has 0 spiro atoms. The second-order valence-corrected chi connectivity index (χ2v) is 4.80. The van der Waals surface area contributed by atoms with Crippen molar-refractivity contribution in [3.05, 3.63) is 47.9 Å². The number of fused-ring (bicyclic) bond motifs is 3. The number of aromatic nitrogens is 3. The van der Waals surface area contributed by atoms with Crippen LogP contribution in [0.25, 0.3) is 11.3 Å². The Hall–Kier alpha value is -2.60. The van der Waals surface area contributed by atoms with E-state index in [-0.39, 0.29) is 12.5 Å². The molecule has 100 valence electrons. The molecule has 1 amide bonds. The standard InChI is InChI=1S/C14H12N4O2/c19-7-9-5-15-4-3-12(9)16-14(20)10-1-2-13-11(10)6-17-8-18(13)17/h1-6,19H,7-8H2,(H,15,16,20). The number of amides is 1. The number of hydrogen-bond acceptors (Lipinski definition) is 3. The second-order valence-electron chi connectivity index (χ2n) is 4.80. The number of aliphatic hydroxyl groups excluding tert-OH is 1. The largest absolute Gasteiger partial charge is 0.392 e. The van der Waals surface area contributed by atoms with Gasteiger partial charge in [-0.3, -0.25) is 19.1 Å². The van der Waals surface area contributed by atoms with Gasteiger partial charge in [-0.2, -0.15) is 0 Å². The predicted molar refractivity (Wildman–Crippen MR) is 72.6 cm³/mol. The summed E-state index contributed by atoms with van der Waals surface area (Å²) in [6, 6.07) is 5.46. The minimum absolute atomic E-state index is 0.156. The van der Waals surface area contributed by atoms with Crippen LogP contribution in [0.2, 0.25) is 0 Å². The monoisotopic (exact) mass is 268 g/mol. The maximum absolute atomic E-state index is 12.4. The fourth-order valence-corrected chi connectivity index (χ4v) is 2.49. The highest BCUT2D eigenvalue weighted by molar-refractivity contribution is 6.09. The van der Waals surface area contributed by atoms with E-state index in [9.17, 15) is 9.90 Å². The highest BCUT2D eigenvalue weighted by Crippen LogP contribution is 2.34. The lowest BCUT2D eigenvalue weighted by molar-refractivity contribution is 0.102. The SMILES string of the molecule is O=C(Nc1ccncc1CO)c1ccc2n3n(cc1-2)C3. The lowest BCUT2D eigenvalue weighted by Gasteiger charge is -2.08. The van der Waals surface area contributed by atoms with E-state index in [0.717, 1.165) is 17.9 Å². The number of hydrogen-bond donors (Lipinski definition) is 2. The Morgan fingerprint density at radius 1 is 1.40 bits per heavy atom. The zero-order chi connectivity index (χ0) is 13.7. The van der Waals surface area contributed by atoms with E-state index in [2.05, 4.69) is 15.0 Å². The number of anilines is 1. The number of rotatable bonds is 3. The Balaban J connectivity index is 1.65. The van der Waals surface area contributed by atoms with Crippen molar-refractivity contribution < 1.29 is 9.90 Å². The van der Waals surface area contributed by atoms with Crippen LogP contribution in [0.5, 0.6) is 0 Å². The molecule has 6 heteroatoms. The summed E-state index contributed by atoms with van der Waals surface area (Å²) in [5, 5.41) is 12.1. The molecule has 1 aliphatic carbocycles. The molecule has 20 heavy (non-hydrogen) atoms. The lowest BCUT2D eigenvalue weighted by Crippen LogP contribution is -2.13. The predicted octanol–water partition coefficient (Wildman–Crippen LogP) is 1.35. The highest BCUT2D eigenvalue weighted by atomic mass is 16.3. The van der Waals surface area contributed by atoms with Crippen LogP contribution in [-0.2, 0) is 13.3 Å². The summed E-state index contributed by atoms with van der Waals surface area (Å²) in [5.74, 6) is -0.174. The average Bonchev–Trinajstić information content (AvgIpc) is 2.95. The quantitative estimate of drug-likeness (QED) is 0.589. The van der Waals surface area contributed by atoms with Gasteiger partial charge < -0.3 is 10.4 Å². The summed E-state index contributed by atoms with van der Waals surface area (Å²) in [7, 11) is 0. The summed E-state index contributed by atoms with van der Waals surface area (Å²) in [4.78, 5) is 16.3. The van der Waals surface area contributed by atoms with Crippen LogP contribution >= 0.6 is 0 Å². The van der Waals surface area contributed by atoms with Gasteiger partial charge in [0.15, 0.2) is 0 Å². The Morgan fingerprint density at radius 3 is 3.15 bits per heavy atom. The number of carbonyl (C=O) groups is 1. The van der Waals surface area contributed by atoms with Gasteiger partial charge in [-0.25, -0.2) is 0 Å². The van der Waals surface area contributed by atoms with Gasteiger partial charge >= 0.3 is 0 Å². The lowest BCUT2D eigenvalue weighted by atomic mass is 10.1. The minimum atomic E-state index is -0.174. The van der Waals surface area contributed by atoms with Crippen molar-refractivity contribution in [1.82, 2.24) is 14.3 Å². The molecule has 0 fully saturated rings. The topological polar surface area (TPSA) is 72.1 Å². The molecule has 3 aliphatic rings. The van der Waals surface area contributed by atoms with Crippen LogP contribution < -0.4 is 5.32 Å². The van der Waals surface area contributed by atoms with E-state index in [1.807, 2.05) is 23.0 Å². The highest BCUT2D eigenvalue weighted by Gasteiger charge is 2.27. The van der Waals surface area contributed by atoms with Crippen molar-refractivity contribution in [2.75, 3.05) is 5.32 Å². The molecule has 0 unspecified atom stereocenters. The zero-order valence-electron chi connectivity index (χ0n) is 10.6. The van der Waals surface area contributed by atoms with Crippen molar-refractivity contribution in [3.8, 4) is 11.3 Å². The molecule has 0 saturated heterocycles. The zero-order valence-corrected chi connectivity index (χ0v) is 10.6. The smallest absolute Gasteiger partial charge is 0.256 e. The molecule has 0 saturated carbocycles. The van der Waals surface area contributed by atoms with Crippen molar-refractivity contribution in [1.29, 1.82) is 0 Å². The van der Waals surface area contributed by atoms with E-state index in [1.165, 1.54) is 0 Å². The van der Waals surface area contributed by atoms with Gasteiger partial charge in [-0.1, -0.05) is 0 Å². The van der Waals surface area contributed by atoms with E-state index >= 15 is 0 Å². The molecule has 2 N–H and O–H groups in total. The van der Waals surface area contributed by atoms with Crippen molar-refractivity contribution in [2.45, 2.75) is 13.3 Å². The fourth-order valence-electron chi connectivity index (χ4n) is 2.49. The number of aliphatic hydroxyl groups is 1. The van der Waals surface area contributed by atoms with E-state index in [1.54, 1.807) is 18.5 Å². The third kappa shape index (κ3) is 1.55. The molecule has 6 nitrogen and oxygen atoms in total. The fraction of sp³-hybridized carbons (Fsp3) is 0.143. The molecule has 0 atom stereocenters.